The van der Waals surface area contributed by atoms with Crippen LogP contribution in [0.4, 0.5) is 0 Å². The molecule has 2 rings (SSSR count). The zero-order valence-electron chi connectivity index (χ0n) is 8.56. The van der Waals surface area contributed by atoms with Gasteiger partial charge in [0.05, 0.1) is 11.3 Å². The number of aromatic nitrogens is 1. The van der Waals surface area contributed by atoms with Crippen molar-refractivity contribution in [3.8, 4) is 6.07 Å². The quantitative estimate of drug-likeness (QED) is 0.757. The van der Waals surface area contributed by atoms with Gasteiger partial charge in [0.25, 0.3) is 0 Å². The van der Waals surface area contributed by atoms with E-state index in [1.165, 1.54) is 0 Å². The van der Waals surface area contributed by atoms with Crippen LogP contribution in [0.5, 0.6) is 0 Å². The molecular weight excluding hydrogens is 188 g/mol. The molecule has 4 nitrogen and oxygen atoms in total. The summed E-state index contributed by atoms with van der Waals surface area (Å²) in [4.78, 5) is 6.52. The van der Waals surface area contributed by atoms with Gasteiger partial charge < -0.3 is 5.73 Å². The normalized spacial score (nSPS) is 21.5. The summed E-state index contributed by atoms with van der Waals surface area (Å²) in [6, 6.07) is 6.08. The van der Waals surface area contributed by atoms with Gasteiger partial charge in [-0.2, -0.15) is 5.26 Å². The minimum Gasteiger partial charge on any atom is -0.326 e. The first-order valence-corrected chi connectivity index (χ1v) is 5.11. The summed E-state index contributed by atoms with van der Waals surface area (Å²) >= 11 is 0. The van der Waals surface area contributed by atoms with Crippen LogP contribution in [0.2, 0.25) is 0 Å². The van der Waals surface area contributed by atoms with E-state index in [1.54, 1.807) is 12.3 Å². The van der Waals surface area contributed by atoms with Crippen molar-refractivity contribution in [1.82, 2.24) is 9.88 Å². The molecule has 0 amide bonds. The number of nitriles is 1. The fourth-order valence-electron chi connectivity index (χ4n) is 1.82. The first-order valence-electron chi connectivity index (χ1n) is 5.11. The predicted molar refractivity (Wildman–Crippen MR) is 56.8 cm³/mol. The summed E-state index contributed by atoms with van der Waals surface area (Å²) in [5.41, 5.74) is 7.43. The highest BCUT2D eigenvalue weighted by Crippen LogP contribution is 2.10. The van der Waals surface area contributed by atoms with Crippen molar-refractivity contribution >= 4 is 0 Å². The van der Waals surface area contributed by atoms with Crippen molar-refractivity contribution in [2.75, 3.05) is 13.1 Å². The van der Waals surface area contributed by atoms with Crippen LogP contribution in [0.3, 0.4) is 0 Å². The summed E-state index contributed by atoms with van der Waals surface area (Å²) in [5.74, 6) is 0. The second-order valence-corrected chi connectivity index (χ2v) is 3.93. The Hall–Kier alpha value is -1.44. The third-order valence-corrected chi connectivity index (χ3v) is 2.65. The van der Waals surface area contributed by atoms with Gasteiger partial charge in [0.2, 0.25) is 0 Å². The topological polar surface area (TPSA) is 65.9 Å². The maximum Gasteiger partial charge on any atom is 0.101 e. The van der Waals surface area contributed by atoms with E-state index in [-0.39, 0.29) is 0 Å². The first kappa shape index (κ1) is 10.1. The van der Waals surface area contributed by atoms with E-state index < -0.39 is 0 Å². The van der Waals surface area contributed by atoms with Gasteiger partial charge in [-0.3, -0.25) is 9.88 Å². The molecule has 1 aromatic rings. The molecule has 1 aromatic heterocycles. The van der Waals surface area contributed by atoms with Gasteiger partial charge in [-0.05, 0) is 18.6 Å². The molecule has 1 aliphatic rings. The first-order chi connectivity index (χ1) is 7.28. The Bertz CT molecular complexity index is 365. The zero-order chi connectivity index (χ0) is 10.7. The Morgan fingerprint density at radius 3 is 3.00 bits per heavy atom. The lowest BCUT2D eigenvalue weighted by Gasteiger charge is -2.13. The molecule has 1 saturated heterocycles. The van der Waals surface area contributed by atoms with Crippen LogP contribution in [-0.2, 0) is 6.54 Å². The van der Waals surface area contributed by atoms with E-state index in [0.717, 1.165) is 31.7 Å². The van der Waals surface area contributed by atoms with Crippen LogP contribution in [0, 0.1) is 11.3 Å². The van der Waals surface area contributed by atoms with Gasteiger partial charge in [-0.1, -0.05) is 0 Å². The van der Waals surface area contributed by atoms with Crippen LogP contribution in [0.1, 0.15) is 17.7 Å². The van der Waals surface area contributed by atoms with Gasteiger partial charge in [0.15, 0.2) is 0 Å². The van der Waals surface area contributed by atoms with Crippen molar-refractivity contribution in [2.24, 2.45) is 5.73 Å². The van der Waals surface area contributed by atoms with Gasteiger partial charge in [0.1, 0.15) is 6.07 Å². The Kier molecular flexibility index (Phi) is 2.95. The minimum absolute atomic E-state index is 0.309. The summed E-state index contributed by atoms with van der Waals surface area (Å²) < 4.78 is 0. The SMILES string of the molecule is N#Cc1ccc(CN2CC[C@@H](N)C2)nc1. The Morgan fingerprint density at radius 2 is 2.47 bits per heavy atom. The molecule has 0 aromatic carbocycles. The molecule has 2 N–H and O–H groups in total. The van der Waals surface area contributed by atoms with Crippen molar-refractivity contribution in [3.63, 3.8) is 0 Å². The van der Waals surface area contributed by atoms with Crippen molar-refractivity contribution < 1.29 is 0 Å². The number of nitrogens with two attached hydrogens (primary N) is 1. The molecule has 78 valence electrons. The molecule has 0 aliphatic carbocycles. The second-order valence-electron chi connectivity index (χ2n) is 3.93. The highest BCUT2D eigenvalue weighted by atomic mass is 15.2. The van der Waals surface area contributed by atoms with Gasteiger partial charge in [0, 0.05) is 31.9 Å². The molecule has 0 spiro atoms. The van der Waals surface area contributed by atoms with Crippen molar-refractivity contribution in [1.29, 1.82) is 5.26 Å². The van der Waals surface area contributed by atoms with E-state index >= 15 is 0 Å². The number of hydrogen-bond donors (Lipinski definition) is 1. The number of hydrogen-bond acceptors (Lipinski definition) is 4. The van der Waals surface area contributed by atoms with Crippen LogP contribution in [-0.4, -0.2) is 29.0 Å². The molecule has 1 fully saturated rings. The molecule has 0 saturated carbocycles. The van der Waals surface area contributed by atoms with Crippen LogP contribution in [0.25, 0.3) is 0 Å². The van der Waals surface area contributed by atoms with Crippen LogP contribution < -0.4 is 5.73 Å². The number of nitrogens with zero attached hydrogens (tertiary/aromatic N) is 3. The molecular formula is C11H14N4. The lowest BCUT2D eigenvalue weighted by Crippen LogP contribution is -2.26. The molecule has 1 aliphatic heterocycles. The van der Waals surface area contributed by atoms with E-state index in [4.69, 9.17) is 11.0 Å². The Morgan fingerprint density at radius 1 is 1.60 bits per heavy atom. The van der Waals surface area contributed by atoms with Gasteiger partial charge in [-0.25, -0.2) is 0 Å². The van der Waals surface area contributed by atoms with E-state index in [2.05, 4.69) is 16.0 Å². The molecule has 2 heterocycles. The number of pyridine rings is 1. The summed E-state index contributed by atoms with van der Waals surface area (Å²) in [5, 5.41) is 8.63. The number of likely N-dealkylation sites (tertiary alicyclic amines) is 1. The fourth-order valence-corrected chi connectivity index (χ4v) is 1.82. The van der Waals surface area contributed by atoms with Crippen LogP contribution in [0.15, 0.2) is 18.3 Å². The van der Waals surface area contributed by atoms with Gasteiger partial charge >= 0.3 is 0 Å². The second kappa shape index (κ2) is 4.39. The zero-order valence-corrected chi connectivity index (χ0v) is 8.56. The third-order valence-electron chi connectivity index (χ3n) is 2.65. The average molecular weight is 202 g/mol. The van der Waals surface area contributed by atoms with Crippen molar-refractivity contribution in [2.45, 2.75) is 19.0 Å². The monoisotopic (exact) mass is 202 g/mol. The smallest absolute Gasteiger partial charge is 0.101 e. The highest BCUT2D eigenvalue weighted by molar-refractivity contribution is 5.26. The molecule has 0 radical (unpaired) electrons. The molecule has 4 heteroatoms. The maximum atomic E-state index is 8.63. The number of rotatable bonds is 2. The van der Waals surface area contributed by atoms with Crippen LogP contribution >= 0.6 is 0 Å². The van der Waals surface area contributed by atoms with E-state index in [9.17, 15) is 0 Å². The summed E-state index contributed by atoms with van der Waals surface area (Å²) in [6.07, 6.45) is 2.68. The molecule has 0 bridgehead atoms. The summed E-state index contributed by atoms with van der Waals surface area (Å²) in [6.45, 7) is 2.82. The van der Waals surface area contributed by atoms with Gasteiger partial charge in [-0.15, -0.1) is 0 Å². The van der Waals surface area contributed by atoms with Crippen molar-refractivity contribution in [3.05, 3.63) is 29.6 Å². The fraction of sp³-hybridized carbons (Fsp3) is 0.455. The molecule has 1 atom stereocenters. The highest BCUT2D eigenvalue weighted by Gasteiger charge is 2.18. The summed E-state index contributed by atoms with van der Waals surface area (Å²) in [7, 11) is 0. The largest absolute Gasteiger partial charge is 0.326 e. The molecule has 15 heavy (non-hydrogen) atoms. The minimum atomic E-state index is 0.309. The predicted octanol–water partition coefficient (Wildman–Crippen LogP) is 0.486. The van der Waals surface area contributed by atoms with E-state index in [0.29, 0.717) is 11.6 Å². The lowest BCUT2D eigenvalue weighted by atomic mass is 10.2. The average Bonchev–Trinajstić information content (AvgIpc) is 2.65. The lowest BCUT2D eigenvalue weighted by molar-refractivity contribution is 0.323. The Labute approximate surface area is 89.3 Å². The third kappa shape index (κ3) is 2.52. The molecule has 0 unspecified atom stereocenters. The Balaban J connectivity index is 1.96. The maximum absolute atomic E-state index is 8.63. The van der Waals surface area contributed by atoms with E-state index in [1.807, 2.05) is 6.07 Å². The standard InChI is InChI=1S/C11H14N4/c12-5-9-1-2-11(14-6-9)8-15-4-3-10(13)7-15/h1-2,6,10H,3-4,7-8,13H2/t10-/m1/s1.